The number of nitrogens with one attached hydrogen (secondary N) is 2. The summed E-state index contributed by atoms with van der Waals surface area (Å²) < 4.78 is 41.7. The molecule has 2 N–H and O–H groups in total. The maximum Gasteiger partial charge on any atom is 0.191 e. The minimum Gasteiger partial charge on any atom is -0.383 e. The summed E-state index contributed by atoms with van der Waals surface area (Å²) in [5.74, 6) is 0.0436. The molecular weight excluding hydrogens is 359 g/mol. The lowest BCUT2D eigenvalue weighted by atomic mass is 10.1. The van der Waals surface area contributed by atoms with Crippen LogP contribution in [-0.4, -0.2) is 73.0 Å². The van der Waals surface area contributed by atoms with Gasteiger partial charge in [0, 0.05) is 46.6 Å². The fraction of sp³-hybridized carbons (Fsp3) is 0.588. The highest BCUT2D eigenvalue weighted by Crippen LogP contribution is 2.14. The lowest BCUT2D eigenvalue weighted by Gasteiger charge is -2.18. The molecule has 0 radical (unpaired) electrons. The molecule has 0 aliphatic rings. The zero-order valence-electron chi connectivity index (χ0n) is 15.9. The second kappa shape index (κ2) is 11.1. The van der Waals surface area contributed by atoms with Gasteiger partial charge in [-0.2, -0.15) is 0 Å². The van der Waals surface area contributed by atoms with E-state index in [1.165, 1.54) is 18.2 Å². The molecule has 0 fully saturated rings. The number of rotatable bonds is 10. The number of hydrogen-bond donors (Lipinski definition) is 2. The Morgan fingerprint density at radius 1 is 1.27 bits per heavy atom. The van der Waals surface area contributed by atoms with Crippen molar-refractivity contribution in [1.82, 2.24) is 15.5 Å². The molecule has 0 saturated carbocycles. The Labute approximate surface area is 155 Å². The Bertz CT molecular complexity index is 695. The fourth-order valence-electron chi connectivity index (χ4n) is 2.31. The molecule has 1 aromatic rings. The predicted octanol–water partition coefficient (Wildman–Crippen LogP) is 0.614. The number of halogens is 1. The van der Waals surface area contributed by atoms with Crippen LogP contribution in [0, 0.1) is 5.82 Å². The standard InChI is InChI=1S/C17H29FN4O3S/c1-19-17(20-7-8-22(2)9-10-25-3)21-12-15-11-16(18)6-5-14(15)13-26(4,23)24/h5-6,11H,7-10,12-13H2,1-4H3,(H2,19,20,21). The number of benzene rings is 1. The van der Waals surface area contributed by atoms with Crippen LogP contribution in [-0.2, 0) is 26.9 Å². The van der Waals surface area contributed by atoms with Crippen LogP contribution in [0.3, 0.4) is 0 Å². The van der Waals surface area contributed by atoms with Gasteiger partial charge in [0.2, 0.25) is 0 Å². The summed E-state index contributed by atoms with van der Waals surface area (Å²) in [6.45, 7) is 3.28. The number of ether oxygens (including phenoxy) is 1. The summed E-state index contributed by atoms with van der Waals surface area (Å²) in [6.07, 6.45) is 1.16. The van der Waals surface area contributed by atoms with E-state index in [1.54, 1.807) is 14.2 Å². The van der Waals surface area contributed by atoms with Crippen molar-refractivity contribution in [3.8, 4) is 0 Å². The van der Waals surface area contributed by atoms with Gasteiger partial charge in [0.25, 0.3) is 0 Å². The number of hydrogen-bond acceptors (Lipinski definition) is 5. The molecule has 0 heterocycles. The third-order valence-corrected chi connectivity index (χ3v) is 4.55. The molecule has 148 valence electrons. The molecule has 1 rings (SSSR count). The zero-order chi connectivity index (χ0) is 19.6. The molecular formula is C17H29FN4O3S. The maximum absolute atomic E-state index is 13.5. The number of sulfone groups is 1. The first-order valence-corrected chi connectivity index (χ1v) is 10.4. The highest BCUT2D eigenvalue weighted by molar-refractivity contribution is 7.89. The SMILES string of the molecule is CN=C(NCCN(C)CCOC)NCc1cc(F)ccc1CS(C)(=O)=O. The van der Waals surface area contributed by atoms with Crippen molar-refractivity contribution < 1.29 is 17.5 Å². The van der Waals surface area contributed by atoms with E-state index in [9.17, 15) is 12.8 Å². The van der Waals surface area contributed by atoms with Crippen molar-refractivity contribution in [3.63, 3.8) is 0 Å². The van der Waals surface area contributed by atoms with Crippen molar-refractivity contribution in [1.29, 1.82) is 0 Å². The van der Waals surface area contributed by atoms with Crippen LogP contribution in [0.15, 0.2) is 23.2 Å². The van der Waals surface area contributed by atoms with Crippen LogP contribution in [0.4, 0.5) is 4.39 Å². The van der Waals surface area contributed by atoms with Crippen LogP contribution in [0.2, 0.25) is 0 Å². The molecule has 0 saturated heterocycles. The van der Waals surface area contributed by atoms with E-state index >= 15 is 0 Å². The minimum atomic E-state index is -3.20. The van der Waals surface area contributed by atoms with E-state index in [0.29, 0.717) is 30.2 Å². The maximum atomic E-state index is 13.5. The third kappa shape index (κ3) is 9.12. The molecule has 7 nitrogen and oxygen atoms in total. The van der Waals surface area contributed by atoms with Gasteiger partial charge >= 0.3 is 0 Å². The third-order valence-electron chi connectivity index (χ3n) is 3.72. The first-order chi connectivity index (χ1) is 12.2. The summed E-state index contributed by atoms with van der Waals surface area (Å²) in [7, 11) is 2.12. The van der Waals surface area contributed by atoms with Gasteiger partial charge in [-0.1, -0.05) is 6.07 Å². The summed E-state index contributed by atoms with van der Waals surface area (Å²) in [6, 6.07) is 4.13. The molecule has 0 atom stereocenters. The van der Waals surface area contributed by atoms with Crippen molar-refractivity contribution in [2.24, 2.45) is 4.99 Å². The molecule has 0 aromatic heterocycles. The molecule has 26 heavy (non-hydrogen) atoms. The largest absolute Gasteiger partial charge is 0.383 e. The zero-order valence-corrected chi connectivity index (χ0v) is 16.7. The van der Waals surface area contributed by atoms with Gasteiger partial charge in [0.05, 0.1) is 12.4 Å². The normalized spacial score (nSPS) is 12.5. The smallest absolute Gasteiger partial charge is 0.191 e. The number of guanidine groups is 1. The highest BCUT2D eigenvalue weighted by Gasteiger charge is 2.11. The Hall–Kier alpha value is -1.71. The first-order valence-electron chi connectivity index (χ1n) is 8.32. The number of methoxy groups -OCH3 is 1. The van der Waals surface area contributed by atoms with E-state index in [4.69, 9.17) is 4.74 Å². The summed E-state index contributed by atoms with van der Waals surface area (Å²) in [5.41, 5.74) is 1.17. The minimum absolute atomic E-state index is 0.124. The van der Waals surface area contributed by atoms with Crippen molar-refractivity contribution in [2.75, 3.05) is 53.7 Å². The topological polar surface area (TPSA) is 83.0 Å². The van der Waals surface area contributed by atoms with Gasteiger partial charge in [-0.15, -0.1) is 0 Å². The average Bonchev–Trinajstić information content (AvgIpc) is 2.57. The quantitative estimate of drug-likeness (QED) is 0.452. The Morgan fingerprint density at radius 2 is 2.00 bits per heavy atom. The van der Waals surface area contributed by atoms with E-state index in [1.807, 2.05) is 7.05 Å². The van der Waals surface area contributed by atoms with Gasteiger partial charge < -0.3 is 20.3 Å². The molecule has 0 bridgehead atoms. The number of aliphatic imine (C=N–C) groups is 1. The monoisotopic (exact) mass is 388 g/mol. The summed E-state index contributed by atoms with van der Waals surface area (Å²) in [4.78, 5) is 6.25. The van der Waals surface area contributed by atoms with Gasteiger partial charge in [-0.25, -0.2) is 12.8 Å². The average molecular weight is 389 g/mol. The highest BCUT2D eigenvalue weighted by atomic mass is 32.2. The summed E-state index contributed by atoms with van der Waals surface area (Å²) >= 11 is 0. The van der Waals surface area contributed by atoms with E-state index < -0.39 is 15.7 Å². The molecule has 0 spiro atoms. The van der Waals surface area contributed by atoms with Crippen molar-refractivity contribution in [2.45, 2.75) is 12.3 Å². The van der Waals surface area contributed by atoms with Gasteiger partial charge in [-0.05, 0) is 30.3 Å². The molecule has 0 aliphatic heterocycles. The molecule has 0 unspecified atom stereocenters. The van der Waals surface area contributed by atoms with Crippen LogP contribution in [0.5, 0.6) is 0 Å². The van der Waals surface area contributed by atoms with E-state index in [2.05, 4.69) is 20.5 Å². The van der Waals surface area contributed by atoms with Crippen molar-refractivity contribution >= 4 is 15.8 Å². The molecule has 0 aliphatic carbocycles. The van der Waals surface area contributed by atoms with Gasteiger partial charge in [0.1, 0.15) is 5.82 Å². The fourth-order valence-corrected chi connectivity index (χ4v) is 3.15. The van der Waals surface area contributed by atoms with Crippen LogP contribution < -0.4 is 10.6 Å². The Balaban J connectivity index is 2.59. The Morgan fingerprint density at radius 3 is 2.62 bits per heavy atom. The number of nitrogens with zero attached hydrogens (tertiary/aromatic N) is 2. The van der Waals surface area contributed by atoms with Gasteiger partial charge in [-0.3, -0.25) is 4.99 Å². The first kappa shape index (κ1) is 22.3. The molecule has 9 heteroatoms. The summed E-state index contributed by atoms with van der Waals surface area (Å²) in [5, 5.41) is 6.26. The van der Waals surface area contributed by atoms with Crippen LogP contribution in [0.1, 0.15) is 11.1 Å². The van der Waals surface area contributed by atoms with Crippen LogP contribution in [0.25, 0.3) is 0 Å². The lowest BCUT2D eigenvalue weighted by Crippen LogP contribution is -2.41. The van der Waals surface area contributed by atoms with E-state index in [0.717, 1.165) is 19.3 Å². The van der Waals surface area contributed by atoms with Crippen molar-refractivity contribution in [3.05, 3.63) is 35.1 Å². The molecule has 0 amide bonds. The van der Waals surface area contributed by atoms with Crippen LogP contribution >= 0.6 is 0 Å². The van der Waals surface area contributed by atoms with E-state index in [-0.39, 0.29) is 12.3 Å². The Kier molecular flexibility index (Phi) is 9.53. The number of likely N-dealkylation sites (N-methyl/N-ethyl adjacent to an activating group) is 1. The van der Waals surface area contributed by atoms with Gasteiger partial charge in [0.15, 0.2) is 15.8 Å². The second-order valence-electron chi connectivity index (χ2n) is 6.13. The lowest BCUT2D eigenvalue weighted by molar-refractivity contribution is 0.162. The molecule has 1 aromatic carbocycles. The second-order valence-corrected chi connectivity index (χ2v) is 8.27. The predicted molar refractivity (Wildman–Crippen MR) is 103 cm³/mol.